The van der Waals surface area contributed by atoms with Crippen molar-refractivity contribution < 1.29 is 8.42 Å². The summed E-state index contributed by atoms with van der Waals surface area (Å²) in [6, 6.07) is 7.11. The maximum absolute atomic E-state index is 12.1. The van der Waals surface area contributed by atoms with Gasteiger partial charge in [0.2, 0.25) is 0 Å². The molecule has 0 spiro atoms. The molecule has 0 aliphatic rings. The second-order valence-electron chi connectivity index (χ2n) is 4.70. The zero-order valence-corrected chi connectivity index (χ0v) is 13.2. The highest BCUT2D eigenvalue weighted by Crippen LogP contribution is 2.23. The van der Waals surface area contributed by atoms with E-state index in [1.807, 2.05) is 20.8 Å². The number of rotatable bonds is 5. The predicted molar refractivity (Wildman–Crippen MR) is 82.9 cm³/mol. The van der Waals surface area contributed by atoms with E-state index in [0.29, 0.717) is 16.1 Å². The molecule has 0 amide bonds. The first-order valence-electron chi connectivity index (χ1n) is 6.19. The largest absolute Gasteiger partial charge is 0.382 e. The van der Waals surface area contributed by atoms with Crippen LogP contribution >= 0.6 is 11.3 Å². The van der Waals surface area contributed by atoms with E-state index in [1.165, 1.54) is 11.3 Å². The lowest BCUT2D eigenvalue weighted by Crippen LogP contribution is -2.13. The predicted octanol–water partition coefficient (Wildman–Crippen LogP) is 3.07. The third-order valence-corrected chi connectivity index (χ3v) is 5.29. The van der Waals surface area contributed by atoms with Gasteiger partial charge in [-0.05, 0) is 45.0 Å². The van der Waals surface area contributed by atoms with Gasteiger partial charge in [-0.15, -0.1) is 11.3 Å². The van der Waals surface area contributed by atoms with Crippen molar-refractivity contribution in [3.05, 3.63) is 35.3 Å². The van der Waals surface area contributed by atoms with E-state index in [9.17, 15) is 8.42 Å². The van der Waals surface area contributed by atoms with Crippen LogP contribution in [-0.2, 0) is 10.0 Å². The average Bonchev–Trinajstić information content (AvgIpc) is 2.78. The van der Waals surface area contributed by atoms with E-state index in [2.05, 4.69) is 15.0 Å². The van der Waals surface area contributed by atoms with E-state index in [0.717, 1.165) is 10.6 Å². The molecule has 0 radical (unpaired) electrons. The summed E-state index contributed by atoms with van der Waals surface area (Å²) in [5.74, 6) is 0.311. The summed E-state index contributed by atoms with van der Waals surface area (Å²) in [6.07, 6.45) is 1.61. The van der Waals surface area contributed by atoms with Crippen molar-refractivity contribution in [3.63, 3.8) is 0 Å². The van der Waals surface area contributed by atoms with Gasteiger partial charge in [-0.25, -0.2) is 13.4 Å². The van der Waals surface area contributed by atoms with Gasteiger partial charge in [0.25, 0.3) is 10.0 Å². The Morgan fingerprint density at radius 2 is 1.95 bits per heavy atom. The standard InChI is InChI=1S/C13H17N3O2S2/c1-9(2)15-11-5-6-12(14-8-11)16-20(17,18)13-7-4-10(3)19-13/h4-9,15H,1-3H3,(H,14,16). The maximum atomic E-state index is 12.1. The number of hydrogen-bond acceptors (Lipinski definition) is 5. The summed E-state index contributed by atoms with van der Waals surface area (Å²) < 4.78 is 27.0. The molecule has 0 aliphatic carbocycles. The molecule has 0 bridgehead atoms. The van der Waals surface area contributed by atoms with Crippen molar-refractivity contribution in [2.75, 3.05) is 10.0 Å². The molecule has 0 aliphatic heterocycles. The first-order chi connectivity index (χ1) is 9.37. The monoisotopic (exact) mass is 311 g/mol. The summed E-state index contributed by atoms with van der Waals surface area (Å²) >= 11 is 1.23. The lowest BCUT2D eigenvalue weighted by molar-refractivity contribution is 0.603. The van der Waals surface area contributed by atoms with Gasteiger partial charge < -0.3 is 5.32 Å². The Bertz CT molecular complexity index is 676. The number of sulfonamides is 1. The Kier molecular flexibility index (Phi) is 4.29. The Morgan fingerprint density at radius 1 is 1.20 bits per heavy atom. The van der Waals surface area contributed by atoms with Crippen LogP contribution in [0.5, 0.6) is 0 Å². The van der Waals surface area contributed by atoms with Crippen LogP contribution in [0.15, 0.2) is 34.7 Å². The van der Waals surface area contributed by atoms with Gasteiger partial charge in [0.05, 0.1) is 11.9 Å². The SMILES string of the molecule is Cc1ccc(S(=O)(=O)Nc2ccc(NC(C)C)cn2)s1. The minimum atomic E-state index is -3.54. The first kappa shape index (κ1) is 14.8. The summed E-state index contributed by atoms with van der Waals surface area (Å²) in [5.41, 5.74) is 0.856. The van der Waals surface area contributed by atoms with Gasteiger partial charge in [-0.3, -0.25) is 4.72 Å². The van der Waals surface area contributed by atoms with Crippen LogP contribution in [0.1, 0.15) is 18.7 Å². The van der Waals surface area contributed by atoms with E-state index < -0.39 is 10.0 Å². The number of aryl methyl sites for hydroxylation is 1. The molecule has 0 saturated heterocycles. The highest BCUT2D eigenvalue weighted by Gasteiger charge is 2.16. The first-order valence-corrected chi connectivity index (χ1v) is 8.48. The van der Waals surface area contributed by atoms with Gasteiger partial charge in [-0.1, -0.05) is 0 Å². The quantitative estimate of drug-likeness (QED) is 0.890. The van der Waals surface area contributed by atoms with Crippen LogP contribution in [0.25, 0.3) is 0 Å². The summed E-state index contributed by atoms with van der Waals surface area (Å²) in [4.78, 5) is 5.05. The highest BCUT2D eigenvalue weighted by atomic mass is 32.2. The van der Waals surface area contributed by atoms with Crippen LogP contribution in [0.3, 0.4) is 0 Å². The normalized spacial score (nSPS) is 11.6. The lowest BCUT2D eigenvalue weighted by Gasteiger charge is -2.10. The minimum Gasteiger partial charge on any atom is -0.382 e. The third-order valence-electron chi connectivity index (χ3n) is 2.44. The van der Waals surface area contributed by atoms with E-state index in [4.69, 9.17) is 0 Å². The van der Waals surface area contributed by atoms with Gasteiger partial charge in [0, 0.05) is 10.9 Å². The fourth-order valence-corrected chi connectivity index (χ4v) is 3.91. The fourth-order valence-electron chi connectivity index (χ4n) is 1.62. The zero-order valence-electron chi connectivity index (χ0n) is 11.5. The topological polar surface area (TPSA) is 71.1 Å². The molecule has 2 aromatic heterocycles. The molecule has 20 heavy (non-hydrogen) atoms. The Labute approximate surface area is 123 Å². The van der Waals surface area contributed by atoms with Crippen LogP contribution in [-0.4, -0.2) is 19.4 Å². The molecule has 0 saturated carbocycles. The zero-order chi connectivity index (χ0) is 14.8. The van der Waals surface area contributed by atoms with Gasteiger partial charge in [0.1, 0.15) is 10.0 Å². The minimum absolute atomic E-state index is 0.293. The van der Waals surface area contributed by atoms with Gasteiger partial charge >= 0.3 is 0 Å². The van der Waals surface area contributed by atoms with E-state index >= 15 is 0 Å². The lowest BCUT2D eigenvalue weighted by atomic mass is 10.3. The fraction of sp³-hybridized carbons (Fsp3) is 0.308. The summed E-state index contributed by atoms with van der Waals surface area (Å²) in [7, 11) is -3.54. The van der Waals surface area contributed by atoms with Crippen LogP contribution in [0, 0.1) is 6.92 Å². The molecule has 0 fully saturated rings. The van der Waals surface area contributed by atoms with Crippen LogP contribution < -0.4 is 10.0 Å². The molecule has 2 N–H and O–H groups in total. The number of pyridine rings is 1. The number of anilines is 2. The second kappa shape index (κ2) is 5.80. The molecular weight excluding hydrogens is 294 g/mol. The summed E-state index contributed by atoms with van der Waals surface area (Å²) in [5, 5.41) is 3.19. The molecular formula is C13H17N3O2S2. The molecule has 7 heteroatoms. The van der Waals surface area contributed by atoms with Crippen molar-refractivity contribution in [1.82, 2.24) is 4.98 Å². The van der Waals surface area contributed by atoms with E-state index in [-0.39, 0.29) is 0 Å². The Morgan fingerprint density at radius 3 is 2.45 bits per heavy atom. The molecule has 2 rings (SSSR count). The number of nitrogens with one attached hydrogen (secondary N) is 2. The summed E-state index contributed by atoms with van der Waals surface area (Å²) in [6.45, 7) is 5.92. The Hall–Kier alpha value is -1.60. The van der Waals surface area contributed by atoms with Gasteiger partial charge in [0.15, 0.2) is 0 Å². The average molecular weight is 311 g/mol. The smallest absolute Gasteiger partial charge is 0.272 e. The van der Waals surface area contributed by atoms with Crippen LogP contribution in [0.4, 0.5) is 11.5 Å². The van der Waals surface area contributed by atoms with Crippen molar-refractivity contribution in [3.8, 4) is 0 Å². The number of thiophene rings is 1. The highest BCUT2D eigenvalue weighted by molar-refractivity contribution is 7.94. The van der Waals surface area contributed by atoms with Crippen molar-refractivity contribution in [2.24, 2.45) is 0 Å². The van der Waals surface area contributed by atoms with Crippen molar-refractivity contribution >= 4 is 32.9 Å². The van der Waals surface area contributed by atoms with Gasteiger partial charge in [-0.2, -0.15) is 0 Å². The second-order valence-corrected chi connectivity index (χ2v) is 7.90. The molecule has 108 valence electrons. The molecule has 5 nitrogen and oxygen atoms in total. The molecule has 0 unspecified atom stereocenters. The third kappa shape index (κ3) is 3.71. The van der Waals surface area contributed by atoms with Crippen molar-refractivity contribution in [1.29, 1.82) is 0 Å². The maximum Gasteiger partial charge on any atom is 0.272 e. The number of hydrogen-bond donors (Lipinski definition) is 2. The molecule has 2 heterocycles. The Balaban J connectivity index is 2.13. The van der Waals surface area contributed by atoms with E-state index in [1.54, 1.807) is 30.5 Å². The molecule has 2 aromatic rings. The number of aromatic nitrogens is 1. The molecule has 0 atom stereocenters. The number of nitrogens with zero attached hydrogens (tertiary/aromatic N) is 1. The molecule has 0 aromatic carbocycles. The van der Waals surface area contributed by atoms with Crippen molar-refractivity contribution in [2.45, 2.75) is 31.0 Å². The van der Waals surface area contributed by atoms with Crippen LogP contribution in [0.2, 0.25) is 0 Å².